The van der Waals surface area contributed by atoms with Crippen LogP contribution >= 0.6 is 0 Å². The third kappa shape index (κ3) is 2.91. The maximum atomic E-state index is 10.5. The first-order valence-corrected chi connectivity index (χ1v) is 3.68. The Bertz CT molecular complexity index is 336. The second kappa shape index (κ2) is 4.21. The lowest BCUT2D eigenvalue weighted by Crippen LogP contribution is -1.90. The van der Waals surface area contributed by atoms with Crippen LogP contribution in [0.2, 0.25) is 0 Å². The van der Waals surface area contributed by atoms with Crippen LogP contribution in [0.3, 0.4) is 0 Å². The molecule has 0 saturated carbocycles. The minimum absolute atomic E-state index is 0.166. The van der Waals surface area contributed by atoms with Gasteiger partial charge in [-0.25, -0.2) is 0 Å². The van der Waals surface area contributed by atoms with E-state index in [1.54, 1.807) is 12.1 Å². The van der Waals surface area contributed by atoms with Gasteiger partial charge >= 0.3 is 0 Å². The number of phenols is 1. The summed E-state index contributed by atoms with van der Waals surface area (Å²) in [6.07, 6.45) is 2.94. The number of hydrogen-bond donors (Lipinski definition) is 1. The smallest absolute Gasteiger partial charge is 0.218 e. The molecule has 0 saturated heterocycles. The molecule has 1 rings (SSSR count). The van der Waals surface area contributed by atoms with Gasteiger partial charge in [-0.15, -0.1) is 0 Å². The minimum atomic E-state index is -0.576. The van der Waals surface area contributed by atoms with Gasteiger partial charge < -0.3 is 5.11 Å². The molecular formula is C10H8O3. The summed E-state index contributed by atoms with van der Waals surface area (Å²) in [6, 6.07) is 6.30. The molecule has 0 unspecified atom stereocenters. The molecule has 0 atom stereocenters. The summed E-state index contributed by atoms with van der Waals surface area (Å²) in [4.78, 5) is 20.5. The zero-order valence-electron chi connectivity index (χ0n) is 6.81. The predicted molar refractivity (Wildman–Crippen MR) is 48.2 cm³/mol. The summed E-state index contributed by atoms with van der Waals surface area (Å²) in [5.41, 5.74) is 0.757. The van der Waals surface area contributed by atoms with Gasteiger partial charge in [-0.2, -0.15) is 0 Å². The average Bonchev–Trinajstić information content (AvgIpc) is 2.16. The number of aromatic hydroxyl groups is 1. The Hall–Kier alpha value is -1.90. The van der Waals surface area contributed by atoms with Crippen LogP contribution in [0.5, 0.6) is 5.75 Å². The molecule has 66 valence electrons. The summed E-state index contributed by atoms with van der Waals surface area (Å²) in [6.45, 7) is 0. The summed E-state index contributed by atoms with van der Waals surface area (Å²) in [7, 11) is 0. The molecule has 0 amide bonds. The van der Waals surface area contributed by atoms with Gasteiger partial charge in [0, 0.05) is 0 Å². The number of ketones is 1. The van der Waals surface area contributed by atoms with Crippen LogP contribution in [0.25, 0.3) is 6.08 Å². The van der Waals surface area contributed by atoms with E-state index in [1.807, 2.05) is 0 Å². The predicted octanol–water partition coefficient (Wildman–Crippen LogP) is 1.17. The molecule has 1 aromatic rings. The fourth-order valence-corrected chi connectivity index (χ4v) is 0.803. The third-order valence-corrected chi connectivity index (χ3v) is 1.45. The van der Waals surface area contributed by atoms with Gasteiger partial charge in [0.1, 0.15) is 5.75 Å². The van der Waals surface area contributed by atoms with E-state index >= 15 is 0 Å². The second-order valence-electron chi connectivity index (χ2n) is 2.45. The van der Waals surface area contributed by atoms with E-state index in [2.05, 4.69) is 0 Å². The molecule has 0 bridgehead atoms. The number of aldehydes is 1. The maximum Gasteiger partial charge on any atom is 0.218 e. The molecule has 0 spiro atoms. The largest absolute Gasteiger partial charge is 0.508 e. The maximum absolute atomic E-state index is 10.5. The lowest BCUT2D eigenvalue weighted by atomic mass is 10.2. The third-order valence-electron chi connectivity index (χ3n) is 1.45. The molecule has 0 fully saturated rings. The molecule has 13 heavy (non-hydrogen) atoms. The van der Waals surface area contributed by atoms with Crippen LogP contribution in [0.1, 0.15) is 5.56 Å². The quantitative estimate of drug-likeness (QED) is 0.427. The highest BCUT2D eigenvalue weighted by atomic mass is 16.3. The van der Waals surface area contributed by atoms with Crippen LogP contribution in [0, 0.1) is 0 Å². The zero-order chi connectivity index (χ0) is 9.68. The molecule has 0 aliphatic carbocycles. The van der Waals surface area contributed by atoms with Crippen molar-refractivity contribution in [2.24, 2.45) is 0 Å². The molecule has 0 radical (unpaired) electrons. The fourth-order valence-electron chi connectivity index (χ4n) is 0.803. The number of carbonyl (C=O) groups excluding carboxylic acids is 2. The van der Waals surface area contributed by atoms with Gasteiger partial charge in [-0.1, -0.05) is 18.2 Å². The van der Waals surface area contributed by atoms with E-state index in [-0.39, 0.29) is 12.0 Å². The molecule has 1 N–H and O–H groups in total. The number of phenolic OH excluding ortho intramolecular Hbond substituents is 1. The van der Waals surface area contributed by atoms with Crippen LogP contribution < -0.4 is 0 Å². The lowest BCUT2D eigenvalue weighted by Gasteiger charge is -1.92. The zero-order valence-corrected chi connectivity index (χ0v) is 6.81. The van der Waals surface area contributed by atoms with Gasteiger partial charge in [0.2, 0.25) is 5.78 Å². The number of carbonyl (C=O) groups is 2. The lowest BCUT2D eigenvalue weighted by molar-refractivity contribution is -0.126. The van der Waals surface area contributed by atoms with Gasteiger partial charge in [-0.05, 0) is 23.8 Å². The topological polar surface area (TPSA) is 54.4 Å². The van der Waals surface area contributed by atoms with Crippen molar-refractivity contribution < 1.29 is 14.7 Å². The molecule has 3 nitrogen and oxygen atoms in total. The Morgan fingerprint density at radius 3 is 2.38 bits per heavy atom. The van der Waals surface area contributed by atoms with Crippen LogP contribution in [0.15, 0.2) is 30.3 Å². The highest BCUT2D eigenvalue weighted by Crippen LogP contribution is 2.10. The number of rotatable bonds is 3. The van der Waals surface area contributed by atoms with E-state index in [9.17, 15) is 9.59 Å². The average molecular weight is 176 g/mol. The SMILES string of the molecule is O=CC(=O)C=Cc1ccc(O)cc1. The fraction of sp³-hybridized carbons (Fsp3) is 0. The first-order valence-electron chi connectivity index (χ1n) is 3.68. The first-order chi connectivity index (χ1) is 6.22. The Morgan fingerprint density at radius 2 is 1.85 bits per heavy atom. The van der Waals surface area contributed by atoms with Crippen molar-refractivity contribution in [3.05, 3.63) is 35.9 Å². The van der Waals surface area contributed by atoms with Crippen molar-refractivity contribution in [2.75, 3.05) is 0 Å². The molecule has 1 aromatic carbocycles. The Kier molecular flexibility index (Phi) is 2.97. The van der Waals surface area contributed by atoms with Crippen molar-refractivity contribution in [1.82, 2.24) is 0 Å². The minimum Gasteiger partial charge on any atom is -0.508 e. The molecule has 3 heteroatoms. The molecule has 0 aliphatic heterocycles. The molecule has 0 heterocycles. The van der Waals surface area contributed by atoms with Gasteiger partial charge in [-0.3, -0.25) is 9.59 Å². The number of benzene rings is 1. The summed E-state index contributed by atoms with van der Waals surface area (Å²) >= 11 is 0. The Balaban J connectivity index is 2.74. The monoisotopic (exact) mass is 176 g/mol. The van der Waals surface area contributed by atoms with Crippen molar-refractivity contribution in [2.45, 2.75) is 0 Å². The second-order valence-corrected chi connectivity index (χ2v) is 2.45. The summed E-state index contributed by atoms with van der Waals surface area (Å²) in [5, 5.41) is 8.93. The van der Waals surface area contributed by atoms with Gasteiger partial charge in [0.25, 0.3) is 0 Å². The molecule has 0 aliphatic rings. The molecule has 0 aromatic heterocycles. The van der Waals surface area contributed by atoms with Crippen LogP contribution in [-0.2, 0) is 9.59 Å². The van der Waals surface area contributed by atoms with Gasteiger partial charge in [0.15, 0.2) is 6.29 Å². The van der Waals surface area contributed by atoms with Crippen molar-refractivity contribution in [3.8, 4) is 5.75 Å². The van der Waals surface area contributed by atoms with E-state index in [4.69, 9.17) is 5.11 Å². The summed E-state index contributed by atoms with van der Waals surface area (Å²) < 4.78 is 0. The molecular weight excluding hydrogens is 168 g/mol. The Morgan fingerprint density at radius 1 is 1.23 bits per heavy atom. The van der Waals surface area contributed by atoms with Gasteiger partial charge in [0.05, 0.1) is 0 Å². The van der Waals surface area contributed by atoms with Crippen molar-refractivity contribution >= 4 is 18.1 Å². The Labute approximate surface area is 75.3 Å². The van der Waals surface area contributed by atoms with E-state index in [0.29, 0.717) is 0 Å². The number of allylic oxidation sites excluding steroid dienone is 1. The number of hydrogen-bond acceptors (Lipinski definition) is 3. The first kappa shape index (κ1) is 9.19. The van der Waals surface area contributed by atoms with E-state index in [1.165, 1.54) is 24.3 Å². The summed E-state index contributed by atoms with van der Waals surface area (Å²) in [5.74, 6) is -0.410. The van der Waals surface area contributed by atoms with E-state index in [0.717, 1.165) is 5.56 Å². The standard InChI is InChI=1S/C10H8O3/c11-7-10(13)6-3-8-1-4-9(12)5-2-8/h1-7,12H. The van der Waals surface area contributed by atoms with Crippen LogP contribution in [-0.4, -0.2) is 17.2 Å². The van der Waals surface area contributed by atoms with Crippen LogP contribution in [0.4, 0.5) is 0 Å². The van der Waals surface area contributed by atoms with E-state index < -0.39 is 5.78 Å². The normalized spacial score (nSPS) is 10.2. The highest BCUT2D eigenvalue weighted by molar-refractivity contribution is 6.31. The highest BCUT2D eigenvalue weighted by Gasteiger charge is 1.91. The van der Waals surface area contributed by atoms with Crippen molar-refractivity contribution in [1.29, 1.82) is 0 Å². The van der Waals surface area contributed by atoms with Crippen molar-refractivity contribution in [3.63, 3.8) is 0 Å².